The number of benzene rings is 2. The van der Waals surface area contributed by atoms with Crippen molar-refractivity contribution < 1.29 is 14.4 Å². The van der Waals surface area contributed by atoms with E-state index >= 15 is 0 Å². The molecule has 0 radical (unpaired) electrons. The maximum atomic E-state index is 12.8. The highest BCUT2D eigenvalue weighted by molar-refractivity contribution is 6.66. The summed E-state index contributed by atoms with van der Waals surface area (Å²) in [4.78, 5) is 48.8. The molecule has 10 nitrogen and oxygen atoms in total. The Balaban J connectivity index is 1.44. The zero-order valence-electron chi connectivity index (χ0n) is 20.1. The van der Waals surface area contributed by atoms with Crippen molar-refractivity contribution in [3.63, 3.8) is 0 Å². The predicted octanol–water partition coefficient (Wildman–Crippen LogP) is 4.39. The average molecular weight is 494 g/mol. The van der Waals surface area contributed by atoms with Crippen LogP contribution in [0.2, 0.25) is 0 Å². The fourth-order valence-electron chi connectivity index (χ4n) is 3.31. The van der Waals surface area contributed by atoms with Crippen LogP contribution in [0.5, 0.6) is 0 Å². The number of hydrogen-bond donors (Lipinski definition) is 4. The molecule has 4 rings (SSSR count). The van der Waals surface area contributed by atoms with Gasteiger partial charge in [-0.1, -0.05) is 6.07 Å². The lowest BCUT2D eigenvalue weighted by atomic mass is 10.1. The highest BCUT2D eigenvalue weighted by Crippen LogP contribution is 2.24. The number of carbonyl (C=O) groups is 3. The quantitative estimate of drug-likeness (QED) is 0.210. The van der Waals surface area contributed by atoms with Crippen molar-refractivity contribution >= 4 is 46.3 Å². The molecule has 37 heavy (non-hydrogen) atoms. The van der Waals surface area contributed by atoms with Gasteiger partial charge >= 0.3 is 0 Å². The number of nitrogens with one attached hydrogen (secondary N) is 4. The van der Waals surface area contributed by atoms with Gasteiger partial charge < -0.3 is 16.0 Å². The van der Waals surface area contributed by atoms with Crippen LogP contribution in [0, 0.1) is 12.3 Å². The molecule has 0 aliphatic heterocycles. The Bertz CT molecular complexity index is 1490. The first-order valence-electron chi connectivity index (χ1n) is 11.2. The fourth-order valence-corrected chi connectivity index (χ4v) is 3.31. The first-order chi connectivity index (χ1) is 17.8. The van der Waals surface area contributed by atoms with E-state index < -0.39 is 17.4 Å². The second kappa shape index (κ2) is 11.0. The molecule has 4 aromatic rings. The Kier molecular flexibility index (Phi) is 7.39. The second-order valence-corrected chi connectivity index (χ2v) is 8.08. The highest BCUT2D eigenvalue weighted by atomic mass is 16.2. The SMILES string of the molecule is CC(=O)C(=N)C(=O)Nc1ccc(C(=O)Nc2ccc(C)c(Nc3nccc(-c4cccnc4)n3)c2)cc1. The van der Waals surface area contributed by atoms with Crippen LogP contribution in [0.4, 0.5) is 23.0 Å². The number of hydrogen-bond acceptors (Lipinski definition) is 8. The van der Waals surface area contributed by atoms with Crippen LogP contribution in [-0.2, 0) is 9.59 Å². The lowest BCUT2D eigenvalue weighted by Gasteiger charge is -2.12. The van der Waals surface area contributed by atoms with Crippen molar-refractivity contribution in [3.05, 3.63) is 90.4 Å². The summed E-state index contributed by atoms with van der Waals surface area (Å²) in [6.45, 7) is 3.08. The summed E-state index contributed by atoms with van der Waals surface area (Å²) in [6, 6.07) is 17.1. The van der Waals surface area contributed by atoms with Crippen molar-refractivity contribution in [1.29, 1.82) is 5.41 Å². The Morgan fingerprint density at radius 3 is 2.35 bits per heavy atom. The van der Waals surface area contributed by atoms with Gasteiger partial charge in [-0.05, 0) is 67.1 Å². The van der Waals surface area contributed by atoms with Crippen molar-refractivity contribution in [3.8, 4) is 11.3 Å². The Morgan fingerprint density at radius 1 is 0.892 bits per heavy atom. The van der Waals surface area contributed by atoms with Crippen LogP contribution < -0.4 is 16.0 Å². The zero-order chi connectivity index (χ0) is 26.4. The number of carbonyl (C=O) groups excluding carboxylic acids is 3. The summed E-state index contributed by atoms with van der Waals surface area (Å²) < 4.78 is 0. The molecule has 2 aromatic carbocycles. The summed E-state index contributed by atoms with van der Waals surface area (Å²) in [5.41, 5.74) is 3.91. The molecule has 4 N–H and O–H groups in total. The molecule has 0 aliphatic rings. The predicted molar refractivity (Wildman–Crippen MR) is 141 cm³/mol. The summed E-state index contributed by atoms with van der Waals surface area (Å²) in [6.07, 6.45) is 5.08. The summed E-state index contributed by atoms with van der Waals surface area (Å²) in [5.74, 6) is -1.38. The standard InChI is InChI=1S/C27H23N7O3/c1-16-5-8-21(14-23(16)34-27-30-13-11-22(33-27)19-4-3-12-29-15-19)32-25(36)18-6-9-20(10-7-18)31-26(37)24(28)17(2)35/h3-15,28H,1-2H3,(H,31,37)(H,32,36)(H,30,33,34). The van der Waals surface area contributed by atoms with Crippen LogP contribution in [0.3, 0.4) is 0 Å². The van der Waals surface area contributed by atoms with E-state index in [1.165, 1.54) is 24.3 Å². The van der Waals surface area contributed by atoms with Gasteiger partial charge in [0.25, 0.3) is 11.8 Å². The third-order valence-corrected chi connectivity index (χ3v) is 5.34. The number of aromatic nitrogens is 3. The highest BCUT2D eigenvalue weighted by Gasteiger charge is 2.15. The van der Waals surface area contributed by atoms with Crippen LogP contribution in [0.15, 0.2) is 79.3 Å². The number of aryl methyl sites for hydroxylation is 1. The van der Waals surface area contributed by atoms with Crippen molar-refractivity contribution in [1.82, 2.24) is 15.0 Å². The third kappa shape index (κ3) is 6.25. The third-order valence-electron chi connectivity index (χ3n) is 5.34. The van der Waals surface area contributed by atoms with Crippen molar-refractivity contribution in [2.75, 3.05) is 16.0 Å². The number of anilines is 4. The fraction of sp³-hybridized carbons (Fsp3) is 0.0741. The minimum absolute atomic E-state index is 0.348. The molecule has 0 spiro atoms. The minimum atomic E-state index is -0.806. The van der Waals surface area contributed by atoms with E-state index in [2.05, 4.69) is 30.9 Å². The van der Waals surface area contributed by atoms with Crippen LogP contribution in [-0.4, -0.2) is 38.3 Å². The van der Waals surface area contributed by atoms with E-state index in [1.807, 2.05) is 25.1 Å². The van der Waals surface area contributed by atoms with E-state index in [4.69, 9.17) is 5.41 Å². The van der Waals surface area contributed by atoms with E-state index in [-0.39, 0.29) is 5.91 Å². The van der Waals surface area contributed by atoms with Gasteiger partial charge in [0.1, 0.15) is 0 Å². The largest absolute Gasteiger partial charge is 0.324 e. The summed E-state index contributed by atoms with van der Waals surface area (Å²) >= 11 is 0. The maximum Gasteiger partial charge on any atom is 0.277 e. The minimum Gasteiger partial charge on any atom is -0.324 e. The van der Waals surface area contributed by atoms with Gasteiger partial charge in [0.15, 0.2) is 11.5 Å². The molecule has 0 fully saturated rings. The molecule has 184 valence electrons. The average Bonchev–Trinajstić information content (AvgIpc) is 2.91. The van der Waals surface area contributed by atoms with E-state index in [0.29, 0.717) is 22.9 Å². The monoisotopic (exact) mass is 493 g/mol. The second-order valence-electron chi connectivity index (χ2n) is 8.08. The van der Waals surface area contributed by atoms with Crippen LogP contribution in [0.1, 0.15) is 22.8 Å². The van der Waals surface area contributed by atoms with Gasteiger partial charge in [-0.25, -0.2) is 9.97 Å². The van der Waals surface area contributed by atoms with Crippen LogP contribution >= 0.6 is 0 Å². The number of Topliss-reactive ketones (excluding diaryl/α,β-unsaturated/α-hetero) is 1. The molecule has 0 saturated heterocycles. The smallest absolute Gasteiger partial charge is 0.277 e. The first kappa shape index (κ1) is 24.9. The molecule has 0 bridgehead atoms. The Hall–Kier alpha value is -5.25. The molecule has 10 heteroatoms. The molecule has 2 aromatic heterocycles. The molecular formula is C27H23N7O3. The molecule has 0 unspecified atom stereocenters. The lowest BCUT2D eigenvalue weighted by Crippen LogP contribution is -2.27. The molecule has 2 heterocycles. The number of pyridine rings is 1. The van der Waals surface area contributed by atoms with Crippen molar-refractivity contribution in [2.24, 2.45) is 0 Å². The maximum absolute atomic E-state index is 12.8. The molecule has 0 aliphatic carbocycles. The number of amides is 2. The van der Waals surface area contributed by atoms with Crippen LogP contribution in [0.25, 0.3) is 11.3 Å². The van der Waals surface area contributed by atoms with E-state index in [9.17, 15) is 14.4 Å². The van der Waals surface area contributed by atoms with E-state index in [0.717, 1.165) is 29.4 Å². The van der Waals surface area contributed by atoms with Gasteiger partial charge in [0, 0.05) is 53.7 Å². The number of rotatable bonds is 8. The molecular weight excluding hydrogens is 470 g/mol. The number of nitrogens with zero attached hydrogens (tertiary/aromatic N) is 3. The van der Waals surface area contributed by atoms with Gasteiger partial charge in [0.2, 0.25) is 5.95 Å². The number of ketones is 1. The van der Waals surface area contributed by atoms with Crippen molar-refractivity contribution in [2.45, 2.75) is 13.8 Å². The molecule has 2 amide bonds. The Labute approximate surface area is 212 Å². The lowest BCUT2D eigenvalue weighted by molar-refractivity contribution is -0.114. The summed E-state index contributed by atoms with van der Waals surface area (Å²) in [5, 5.41) is 15.9. The molecule has 0 atom stereocenters. The van der Waals surface area contributed by atoms with Gasteiger partial charge in [-0.15, -0.1) is 0 Å². The van der Waals surface area contributed by atoms with Gasteiger partial charge in [-0.3, -0.25) is 24.8 Å². The van der Waals surface area contributed by atoms with E-state index in [1.54, 1.807) is 36.8 Å². The Morgan fingerprint density at radius 2 is 1.65 bits per heavy atom. The summed E-state index contributed by atoms with van der Waals surface area (Å²) in [7, 11) is 0. The topological polar surface area (TPSA) is 150 Å². The van der Waals surface area contributed by atoms with Gasteiger partial charge in [0.05, 0.1) is 5.69 Å². The zero-order valence-corrected chi connectivity index (χ0v) is 20.1. The first-order valence-corrected chi connectivity index (χ1v) is 11.2. The normalized spacial score (nSPS) is 10.3. The van der Waals surface area contributed by atoms with Gasteiger partial charge in [-0.2, -0.15) is 0 Å². The molecule has 0 saturated carbocycles.